The summed E-state index contributed by atoms with van der Waals surface area (Å²) in [6.07, 6.45) is 9.08. The van der Waals surface area contributed by atoms with E-state index < -0.39 is 10.0 Å². The van der Waals surface area contributed by atoms with Crippen LogP contribution in [-0.2, 0) is 16.4 Å². The van der Waals surface area contributed by atoms with Gasteiger partial charge >= 0.3 is 0 Å². The van der Waals surface area contributed by atoms with E-state index in [1.165, 1.54) is 37.7 Å². The van der Waals surface area contributed by atoms with E-state index in [-0.39, 0.29) is 0 Å². The van der Waals surface area contributed by atoms with Crippen LogP contribution in [0.4, 0.5) is 0 Å². The monoisotopic (exact) mass is 413 g/mol. The summed E-state index contributed by atoms with van der Waals surface area (Å²) in [5.74, 6) is 0.600. The Morgan fingerprint density at radius 3 is 2.28 bits per heavy atom. The standard InChI is InChI=1S/C23H31N3O2S/c27-29(28,23-11-9-21(10-12-23)20-6-2-1-3-7-20)26-18-16-25(17-19-26)15-13-22-8-4-5-14-24-22/h4-5,8-12,14,20H,1-3,6-7,13,15-19H2. The molecule has 2 heterocycles. The summed E-state index contributed by atoms with van der Waals surface area (Å²) in [6.45, 7) is 3.56. The zero-order valence-electron chi connectivity index (χ0n) is 17.0. The van der Waals surface area contributed by atoms with Crippen molar-refractivity contribution in [1.29, 1.82) is 0 Å². The number of rotatable bonds is 6. The van der Waals surface area contributed by atoms with Crippen LogP contribution in [0.2, 0.25) is 0 Å². The molecule has 2 aromatic rings. The van der Waals surface area contributed by atoms with E-state index in [1.54, 1.807) is 4.31 Å². The maximum absolute atomic E-state index is 13.1. The van der Waals surface area contributed by atoms with Crippen LogP contribution in [0.25, 0.3) is 0 Å². The first-order chi connectivity index (χ1) is 14.1. The van der Waals surface area contributed by atoms with Crippen molar-refractivity contribution in [2.75, 3.05) is 32.7 Å². The summed E-state index contributed by atoms with van der Waals surface area (Å²) in [5.41, 5.74) is 2.38. The Morgan fingerprint density at radius 1 is 0.897 bits per heavy atom. The number of hydrogen-bond acceptors (Lipinski definition) is 4. The number of aromatic nitrogens is 1. The summed E-state index contributed by atoms with van der Waals surface area (Å²) in [6, 6.07) is 13.7. The third-order valence-electron chi connectivity index (χ3n) is 6.34. The third kappa shape index (κ3) is 5.05. The molecule has 0 unspecified atom stereocenters. The molecule has 1 aromatic carbocycles. The van der Waals surface area contributed by atoms with Crippen molar-refractivity contribution in [3.63, 3.8) is 0 Å². The normalized spacial score (nSPS) is 20.0. The predicted octanol–water partition coefficient (Wildman–Crippen LogP) is 3.68. The molecule has 0 N–H and O–H groups in total. The van der Waals surface area contributed by atoms with Gasteiger partial charge in [-0.2, -0.15) is 4.31 Å². The van der Waals surface area contributed by atoms with Gasteiger partial charge < -0.3 is 4.90 Å². The second-order valence-corrected chi connectivity index (χ2v) is 10.2. The highest BCUT2D eigenvalue weighted by molar-refractivity contribution is 7.89. The van der Waals surface area contributed by atoms with Crippen molar-refractivity contribution in [3.05, 3.63) is 59.9 Å². The summed E-state index contributed by atoms with van der Waals surface area (Å²) in [4.78, 5) is 7.12. The molecular weight excluding hydrogens is 382 g/mol. The zero-order chi connectivity index (χ0) is 20.1. The van der Waals surface area contributed by atoms with Crippen LogP contribution < -0.4 is 0 Å². The fraction of sp³-hybridized carbons (Fsp3) is 0.522. The van der Waals surface area contributed by atoms with Gasteiger partial charge in [0.2, 0.25) is 10.0 Å². The van der Waals surface area contributed by atoms with Crippen LogP contribution in [0, 0.1) is 0 Å². The number of nitrogens with zero attached hydrogens (tertiary/aromatic N) is 3. The average molecular weight is 414 g/mol. The van der Waals surface area contributed by atoms with Gasteiger partial charge in [0, 0.05) is 51.0 Å². The van der Waals surface area contributed by atoms with E-state index in [9.17, 15) is 8.42 Å². The first kappa shape index (κ1) is 20.5. The van der Waals surface area contributed by atoms with E-state index in [0.29, 0.717) is 23.9 Å². The molecule has 0 bridgehead atoms. The summed E-state index contributed by atoms with van der Waals surface area (Å²) in [5, 5.41) is 0. The Bertz CT molecular complexity index is 870. The first-order valence-corrected chi connectivity index (χ1v) is 12.3. The highest BCUT2D eigenvalue weighted by atomic mass is 32.2. The first-order valence-electron chi connectivity index (χ1n) is 10.9. The number of hydrogen-bond donors (Lipinski definition) is 0. The van der Waals surface area contributed by atoms with E-state index in [0.717, 1.165) is 31.7 Å². The van der Waals surface area contributed by atoms with E-state index >= 15 is 0 Å². The van der Waals surface area contributed by atoms with Gasteiger partial charge in [-0.1, -0.05) is 37.5 Å². The SMILES string of the molecule is O=S(=O)(c1ccc(C2CCCCC2)cc1)N1CCN(CCc2ccccn2)CC1. The second-order valence-electron chi connectivity index (χ2n) is 8.22. The molecule has 4 rings (SSSR count). The smallest absolute Gasteiger partial charge is 0.243 e. The fourth-order valence-electron chi connectivity index (χ4n) is 4.51. The second kappa shape index (κ2) is 9.37. The average Bonchev–Trinajstić information content (AvgIpc) is 2.79. The van der Waals surface area contributed by atoms with Gasteiger partial charge in [0.1, 0.15) is 0 Å². The highest BCUT2D eigenvalue weighted by Crippen LogP contribution is 2.33. The number of pyridine rings is 1. The number of piperazine rings is 1. The highest BCUT2D eigenvalue weighted by Gasteiger charge is 2.28. The Labute approximate surface area is 174 Å². The quantitative estimate of drug-likeness (QED) is 0.725. The molecule has 2 fully saturated rings. The number of sulfonamides is 1. The molecule has 156 valence electrons. The topological polar surface area (TPSA) is 53.5 Å². The molecule has 29 heavy (non-hydrogen) atoms. The van der Waals surface area contributed by atoms with E-state index in [4.69, 9.17) is 0 Å². The largest absolute Gasteiger partial charge is 0.300 e. The van der Waals surface area contributed by atoms with E-state index in [1.807, 2.05) is 48.7 Å². The summed E-state index contributed by atoms with van der Waals surface area (Å²) < 4.78 is 27.8. The van der Waals surface area contributed by atoms with Crippen molar-refractivity contribution < 1.29 is 8.42 Å². The lowest BCUT2D eigenvalue weighted by atomic mass is 9.84. The van der Waals surface area contributed by atoms with Crippen LogP contribution in [0.1, 0.15) is 49.3 Å². The predicted molar refractivity (Wildman–Crippen MR) is 115 cm³/mol. The lowest BCUT2D eigenvalue weighted by Gasteiger charge is -2.34. The van der Waals surface area contributed by atoms with Crippen LogP contribution in [0.3, 0.4) is 0 Å². The molecule has 0 atom stereocenters. The maximum atomic E-state index is 13.1. The van der Waals surface area contributed by atoms with E-state index in [2.05, 4.69) is 9.88 Å². The minimum atomic E-state index is -3.41. The Balaban J connectivity index is 1.32. The van der Waals surface area contributed by atoms with Crippen molar-refractivity contribution >= 4 is 10.0 Å². The summed E-state index contributed by atoms with van der Waals surface area (Å²) in [7, 11) is -3.41. The lowest BCUT2D eigenvalue weighted by molar-refractivity contribution is 0.190. The summed E-state index contributed by atoms with van der Waals surface area (Å²) >= 11 is 0. The molecule has 0 amide bonds. The molecule has 1 saturated heterocycles. The van der Waals surface area contributed by atoms with Gasteiger partial charge in [0.15, 0.2) is 0 Å². The van der Waals surface area contributed by atoms with Gasteiger partial charge in [-0.15, -0.1) is 0 Å². The minimum absolute atomic E-state index is 0.430. The van der Waals surface area contributed by atoms with Gasteiger partial charge in [-0.3, -0.25) is 4.98 Å². The van der Waals surface area contributed by atoms with Crippen molar-refractivity contribution in [2.24, 2.45) is 0 Å². The van der Waals surface area contributed by atoms with Crippen molar-refractivity contribution in [1.82, 2.24) is 14.2 Å². The molecule has 2 aliphatic rings. The van der Waals surface area contributed by atoms with Crippen molar-refractivity contribution in [3.8, 4) is 0 Å². The van der Waals surface area contributed by atoms with Crippen molar-refractivity contribution in [2.45, 2.75) is 49.3 Å². The zero-order valence-corrected chi connectivity index (χ0v) is 17.9. The van der Waals surface area contributed by atoms with Crippen LogP contribution in [0.5, 0.6) is 0 Å². The third-order valence-corrected chi connectivity index (χ3v) is 8.25. The molecule has 0 spiro atoms. The molecule has 1 aromatic heterocycles. The maximum Gasteiger partial charge on any atom is 0.243 e. The minimum Gasteiger partial charge on any atom is -0.300 e. The molecule has 1 aliphatic heterocycles. The Hall–Kier alpha value is -1.76. The molecular formula is C23H31N3O2S. The lowest BCUT2D eigenvalue weighted by Crippen LogP contribution is -2.49. The van der Waals surface area contributed by atoms with Gasteiger partial charge in [-0.05, 0) is 48.6 Å². The van der Waals surface area contributed by atoms with Gasteiger partial charge in [0.05, 0.1) is 4.90 Å². The van der Waals surface area contributed by atoms with Crippen LogP contribution in [0.15, 0.2) is 53.6 Å². The van der Waals surface area contributed by atoms with Crippen LogP contribution in [-0.4, -0.2) is 55.3 Å². The van der Waals surface area contributed by atoms with Crippen LogP contribution >= 0.6 is 0 Å². The molecule has 0 radical (unpaired) electrons. The van der Waals surface area contributed by atoms with Gasteiger partial charge in [-0.25, -0.2) is 8.42 Å². The molecule has 1 saturated carbocycles. The fourth-order valence-corrected chi connectivity index (χ4v) is 5.93. The molecule has 5 nitrogen and oxygen atoms in total. The Morgan fingerprint density at radius 2 is 1.62 bits per heavy atom. The molecule has 1 aliphatic carbocycles. The molecule has 6 heteroatoms. The van der Waals surface area contributed by atoms with Gasteiger partial charge in [0.25, 0.3) is 0 Å². The number of benzene rings is 1. The Kier molecular flexibility index (Phi) is 6.63.